The van der Waals surface area contributed by atoms with E-state index in [2.05, 4.69) is 5.32 Å². The lowest BCUT2D eigenvalue weighted by atomic mass is 10.1. The van der Waals surface area contributed by atoms with E-state index in [1.165, 1.54) is 30.0 Å². The van der Waals surface area contributed by atoms with E-state index in [1.54, 1.807) is 0 Å². The Hall–Kier alpha value is -0.620. The second-order valence-electron chi connectivity index (χ2n) is 5.93. The highest BCUT2D eigenvalue weighted by Gasteiger charge is 2.26. The molecule has 1 saturated carbocycles. The van der Waals surface area contributed by atoms with Crippen LogP contribution in [0.25, 0.3) is 0 Å². The van der Waals surface area contributed by atoms with Gasteiger partial charge < -0.3 is 5.32 Å². The first-order valence-corrected chi connectivity index (χ1v) is 9.46. The van der Waals surface area contributed by atoms with Crippen LogP contribution in [0.1, 0.15) is 57.8 Å². The molecule has 1 amide bonds. The van der Waals surface area contributed by atoms with Crippen molar-refractivity contribution >= 4 is 15.9 Å². The van der Waals surface area contributed by atoms with Crippen molar-refractivity contribution in [1.29, 1.82) is 0 Å². The molecule has 0 spiro atoms. The van der Waals surface area contributed by atoms with Gasteiger partial charge in [-0.3, -0.25) is 4.79 Å². The van der Waals surface area contributed by atoms with Gasteiger partial charge in [-0.25, -0.2) is 12.7 Å². The molecule has 116 valence electrons. The van der Waals surface area contributed by atoms with Crippen molar-refractivity contribution in [2.24, 2.45) is 0 Å². The van der Waals surface area contributed by atoms with E-state index >= 15 is 0 Å². The Morgan fingerprint density at radius 2 is 1.75 bits per heavy atom. The Morgan fingerprint density at radius 1 is 1.05 bits per heavy atom. The first-order valence-electron chi connectivity index (χ1n) is 7.85. The average molecular weight is 302 g/mol. The van der Waals surface area contributed by atoms with Crippen molar-refractivity contribution < 1.29 is 13.2 Å². The van der Waals surface area contributed by atoms with Crippen LogP contribution in [0.15, 0.2) is 0 Å². The van der Waals surface area contributed by atoms with Crippen LogP contribution in [0.4, 0.5) is 0 Å². The summed E-state index contributed by atoms with van der Waals surface area (Å²) in [6.45, 7) is 0.903. The van der Waals surface area contributed by atoms with Gasteiger partial charge in [0.05, 0.1) is 5.75 Å². The standard InChI is InChI=1S/C14H26N2O3S/c17-14(15-13-7-3-1-2-4-8-13)9-11-16-10-5-6-12-20(16,18)19/h13H,1-12H2,(H,15,17). The predicted molar refractivity (Wildman–Crippen MR) is 78.8 cm³/mol. The topological polar surface area (TPSA) is 66.5 Å². The van der Waals surface area contributed by atoms with Crippen molar-refractivity contribution in [1.82, 2.24) is 9.62 Å². The van der Waals surface area contributed by atoms with Gasteiger partial charge in [0.25, 0.3) is 0 Å². The van der Waals surface area contributed by atoms with Crippen LogP contribution >= 0.6 is 0 Å². The van der Waals surface area contributed by atoms with E-state index in [-0.39, 0.29) is 18.1 Å². The van der Waals surface area contributed by atoms with Gasteiger partial charge in [-0.2, -0.15) is 0 Å². The molecular formula is C14H26N2O3S. The molecule has 0 bridgehead atoms. The highest BCUT2D eigenvalue weighted by Crippen LogP contribution is 2.17. The maximum Gasteiger partial charge on any atom is 0.221 e. The molecule has 1 heterocycles. The summed E-state index contributed by atoms with van der Waals surface area (Å²) in [5.41, 5.74) is 0. The van der Waals surface area contributed by atoms with Gasteiger partial charge in [0.2, 0.25) is 15.9 Å². The molecule has 0 atom stereocenters. The average Bonchev–Trinajstić information content (AvgIpc) is 2.65. The zero-order valence-electron chi connectivity index (χ0n) is 12.1. The number of hydrogen-bond acceptors (Lipinski definition) is 3. The SMILES string of the molecule is O=C(CCN1CCCCS1(=O)=O)NC1CCCCCC1. The monoisotopic (exact) mass is 302 g/mol. The normalized spacial score (nSPS) is 25.0. The van der Waals surface area contributed by atoms with E-state index in [1.807, 2.05) is 0 Å². The smallest absolute Gasteiger partial charge is 0.221 e. The Morgan fingerprint density at radius 3 is 2.40 bits per heavy atom. The van der Waals surface area contributed by atoms with Gasteiger partial charge in [0.15, 0.2) is 0 Å². The second-order valence-corrected chi connectivity index (χ2v) is 8.02. The summed E-state index contributed by atoms with van der Waals surface area (Å²) in [4.78, 5) is 11.9. The maximum absolute atomic E-state index is 11.9. The summed E-state index contributed by atoms with van der Waals surface area (Å²) >= 11 is 0. The van der Waals surface area contributed by atoms with Crippen LogP contribution < -0.4 is 5.32 Å². The van der Waals surface area contributed by atoms with Gasteiger partial charge in [-0.15, -0.1) is 0 Å². The fourth-order valence-electron chi connectivity index (χ4n) is 3.04. The van der Waals surface area contributed by atoms with Crippen molar-refractivity contribution in [3.63, 3.8) is 0 Å². The first-order chi connectivity index (χ1) is 9.58. The molecule has 0 unspecified atom stereocenters. The lowest BCUT2D eigenvalue weighted by Gasteiger charge is -2.26. The van der Waals surface area contributed by atoms with Crippen molar-refractivity contribution in [3.05, 3.63) is 0 Å². The summed E-state index contributed by atoms with van der Waals surface area (Å²) in [6, 6.07) is 0.294. The molecule has 0 radical (unpaired) electrons. The van der Waals surface area contributed by atoms with Crippen molar-refractivity contribution in [2.75, 3.05) is 18.8 Å². The van der Waals surface area contributed by atoms with E-state index < -0.39 is 10.0 Å². The minimum Gasteiger partial charge on any atom is -0.353 e. The predicted octanol–water partition coefficient (Wildman–Crippen LogP) is 1.64. The third-order valence-electron chi connectivity index (χ3n) is 4.26. The van der Waals surface area contributed by atoms with E-state index in [4.69, 9.17) is 0 Å². The van der Waals surface area contributed by atoms with Gasteiger partial charge in [-0.05, 0) is 25.7 Å². The molecule has 1 saturated heterocycles. The number of amides is 1. The number of carbonyl (C=O) groups is 1. The van der Waals surface area contributed by atoms with Crippen LogP contribution in [0.3, 0.4) is 0 Å². The largest absolute Gasteiger partial charge is 0.353 e. The molecule has 2 aliphatic rings. The van der Waals surface area contributed by atoms with Gasteiger partial charge >= 0.3 is 0 Å². The van der Waals surface area contributed by atoms with Crippen LogP contribution in [-0.2, 0) is 14.8 Å². The van der Waals surface area contributed by atoms with Crippen molar-refractivity contribution in [2.45, 2.75) is 63.8 Å². The number of nitrogens with one attached hydrogen (secondary N) is 1. The van der Waals surface area contributed by atoms with E-state index in [0.29, 0.717) is 19.1 Å². The van der Waals surface area contributed by atoms with Gasteiger partial charge in [0.1, 0.15) is 0 Å². The molecule has 6 heteroatoms. The number of hydrogen-bond donors (Lipinski definition) is 1. The van der Waals surface area contributed by atoms with Gasteiger partial charge in [-0.1, -0.05) is 25.7 Å². The molecule has 2 rings (SSSR count). The summed E-state index contributed by atoms with van der Waals surface area (Å²) in [6.07, 6.45) is 8.96. The number of rotatable bonds is 4. The van der Waals surface area contributed by atoms with Crippen LogP contribution in [0, 0.1) is 0 Å². The van der Waals surface area contributed by atoms with Crippen LogP contribution in [0.5, 0.6) is 0 Å². The molecule has 1 aliphatic carbocycles. The molecule has 0 aromatic carbocycles. The third kappa shape index (κ3) is 4.74. The summed E-state index contributed by atoms with van der Waals surface area (Å²) < 4.78 is 25.1. The second kappa shape index (κ2) is 7.41. The third-order valence-corrected chi connectivity index (χ3v) is 6.22. The quantitative estimate of drug-likeness (QED) is 0.803. The first kappa shape index (κ1) is 15.8. The van der Waals surface area contributed by atoms with Gasteiger partial charge in [0, 0.05) is 25.6 Å². The van der Waals surface area contributed by atoms with Crippen LogP contribution in [-0.4, -0.2) is 43.5 Å². The maximum atomic E-state index is 11.9. The van der Waals surface area contributed by atoms with Crippen molar-refractivity contribution in [3.8, 4) is 0 Å². The fourth-order valence-corrected chi connectivity index (χ4v) is 4.65. The molecule has 1 N–H and O–H groups in total. The highest BCUT2D eigenvalue weighted by molar-refractivity contribution is 7.89. The molecule has 5 nitrogen and oxygen atoms in total. The van der Waals surface area contributed by atoms with E-state index in [0.717, 1.165) is 25.7 Å². The number of sulfonamides is 1. The Kier molecular flexibility index (Phi) is 5.84. The lowest BCUT2D eigenvalue weighted by molar-refractivity contribution is -0.122. The Labute approximate surface area is 122 Å². The molecule has 20 heavy (non-hydrogen) atoms. The van der Waals surface area contributed by atoms with Crippen LogP contribution in [0.2, 0.25) is 0 Å². The molecule has 2 fully saturated rings. The lowest BCUT2D eigenvalue weighted by Crippen LogP contribution is -2.41. The molecular weight excluding hydrogens is 276 g/mol. The fraction of sp³-hybridized carbons (Fsp3) is 0.929. The molecule has 0 aromatic heterocycles. The summed E-state index contributed by atoms with van der Waals surface area (Å²) in [7, 11) is -3.10. The molecule has 0 aromatic rings. The highest BCUT2D eigenvalue weighted by atomic mass is 32.2. The van der Waals surface area contributed by atoms with E-state index in [9.17, 15) is 13.2 Å². The minimum absolute atomic E-state index is 0.00215. The summed E-state index contributed by atoms with van der Waals surface area (Å²) in [5.74, 6) is 0.231. The summed E-state index contributed by atoms with van der Waals surface area (Å²) in [5, 5.41) is 3.07. The Balaban J connectivity index is 1.74. The Bertz CT molecular complexity index is 414. The minimum atomic E-state index is -3.10. The zero-order valence-corrected chi connectivity index (χ0v) is 13.0. The number of carbonyl (C=O) groups excluding carboxylic acids is 1. The molecule has 1 aliphatic heterocycles. The zero-order chi connectivity index (χ0) is 14.4. The number of nitrogens with zero attached hydrogens (tertiary/aromatic N) is 1.